The number of esters is 2. The van der Waals surface area contributed by atoms with E-state index in [1.165, 1.54) is 0 Å². The fraction of sp³-hybridized carbons (Fsp3) is 0.636. The predicted octanol–water partition coefficient (Wildman–Crippen LogP) is 0.217. The number of carbonyl (C=O) groups is 3. The number of hydrogen-bond donors (Lipinski definition) is 0. The number of rotatable bonds is 5. The van der Waals surface area contributed by atoms with E-state index in [-0.39, 0.29) is 37.9 Å². The maximum Gasteiger partial charge on any atom is 0.359 e. The zero-order chi connectivity index (χ0) is 13.5. The van der Waals surface area contributed by atoms with Gasteiger partial charge in [0.2, 0.25) is 5.91 Å². The number of ether oxygens (including phenoxy) is 3. The summed E-state index contributed by atoms with van der Waals surface area (Å²) in [5.41, 5.74) is 0. The Balaban J connectivity index is 2.71. The van der Waals surface area contributed by atoms with Gasteiger partial charge < -0.3 is 14.2 Å². The molecule has 18 heavy (non-hydrogen) atoms. The number of aliphatic imine (C=N–C) groups is 1. The van der Waals surface area contributed by atoms with E-state index in [4.69, 9.17) is 14.2 Å². The van der Waals surface area contributed by atoms with E-state index in [1.807, 2.05) is 0 Å². The summed E-state index contributed by atoms with van der Waals surface area (Å²) in [6.07, 6.45) is -1.03. The quantitative estimate of drug-likeness (QED) is 0.516. The lowest BCUT2D eigenvalue weighted by molar-refractivity contribution is -0.167. The zero-order valence-corrected chi connectivity index (χ0v) is 10.3. The van der Waals surface area contributed by atoms with Crippen LogP contribution in [-0.4, -0.2) is 43.1 Å². The minimum atomic E-state index is -1.52. The normalized spacial score (nSPS) is 14.4. The van der Waals surface area contributed by atoms with E-state index in [9.17, 15) is 14.4 Å². The van der Waals surface area contributed by atoms with Crippen molar-refractivity contribution in [2.45, 2.75) is 32.8 Å². The molecule has 0 bridgehead atoms. The third kappa shape index (κ3) is 3.83. The molecule has 0 saturated heterocycles. The van der Waals surface area contributed by atoms with Crippen LogP contribution >= 0.6 is 0 Å². The van der Waals surface area contributed by atoms with Crippen LogP contribution in [0.15, 0.2) is 4.99 Å². The highest BCUT2D eigenvalue weighted by atomic mass is 16.6. The lowest BCUT2D eigenvalue weighted by Crippen LogP contribution is -2.37. The van der Waals surface area contributed by atoms with E-state index < -0.39 is 18.0 Å². The Morgan fingerprint density at radius 1 is 1.17 bits per heavy atom. The van der Waals surface area contributed by atoms with Gasteiger partial charge in [-0.05, 0) is 13.8 Å². The Labute approximate surface area is 104 Å². The molecule has 0 unspecified atom stereocenters. The summed E-state index contributed by atoms with van der Waals surface area (Å²) in [6.45, 7) is 3.44. The van der Waals surface area contributed by atoms with Crippen LogP contribution in [0.25, 0.3) is 0 Å². The molecule has 0 aromatic rings. The van der Waals surface area contributed by atoms with Crippen molar-refractivity contribution >= 4 is 23.7 Å². The van der Waals surface area contributed by atoms with Crippen LogP contribution in [0.5, 0.6) is 0 Å². The van der Waals surface area contributed by atoms with Gasteiger partial charge in [-0.3, -0.25) is 4.79 Å². The molecule has 0 spiro atoms. The molecule has 1 heterocycles. The first-order valence-electron chi connectivity index (χ1n) is 5.68. The lowest BCUT2D eigenvalue weighted by Gasteiger charge is -2.15. The van der Waals surface area contributed by atoms with Gasteiger partial charge >= 0.3 is 11.9 Å². The Hall–Kier alpha value is -1.92. The van der Waals surface area contributed by atoms with E-state index in [0.29, 0.717) is 0 Å². The molecule has 100 valence electrons. The Morgan fingerprint density at radius 2 is 1.72 bits per heavy atom. The van der Waals surface area contributed by atoms with Gasteiger partial charge in [0.15, 0.2) is 5.90 Å². The van der Waals surface area contributed by atoms with Gasteiger partial charge in [-0.25, -0.2) is 9.59 Å². The molecular weight excluding hydrogens is 242 g/mol. The topological polar surface area (TPSA) is 91.3 Å². The molecular formula is C11H15NO6. The van der Waals surface area contributed by atoms with Crippen molar-refractivity contribution in [2.75, 3.05) is 13.2 Å². The summed E-state index contributed by atoms with van der Waals surface area (Å²) < 4.78 is 14.5. The molecule has 0 radical (unpaired) electrons. The molecule has 0 aromatic carbocycles. The predicted molar refractivity (Wildman–Crippen MR) is 59.8 cm³/mol. The molecule has 0 aliphatic carbocycles. The lowest BCUT2D eigenvalue weighted by atomic mass is 10.3. The highest BCUT2D eigenvalue weighted by molar-refractivity contribution is 6.03. The summed E-state index contributed by atoms with van der Waals surface area (Å²) >= 11 is 0. The minimum Gasteiger partial charge on any atom is -0.463 e. The third-order valence-electron chi connectivity index (χ3n) is 2.06. The number of hydrogen-bond acceptors (Lipinski definition) is 6. The van der Waals surface area contributed by atoms with Crippen LogP contribution < -0.4 is 0 Å². The largest absolute Gasteiger partial charge is 0.463 e. The van der Waals surface area contributed by atoms with Gasteiger partial charge in [0.1, 0.15) is 0 Å². The first-order chi connectivity index (χ1) is 8.58. The Bertz CT molecular complexity index is 358. The van der Waals surface area contributed by atoms with Crippen LogP contribution in [0.4, 0.5) is 0 Å². The summed E-state index contributed by atoms with van der Waals surface area (Å²) in [7, 11) is 0. The van der Waals surface area contributed by atoms with E-state index in [2.05, 4.69) is 4.99 Å². The first-order valence-corrected chi connectivity index (χ1v) is 5.68. The second-order valence-electron chi connectivity index (χ2n) is 3.40. The second kappa shape index (κ2) is 6.73. The Morgan fingerprint density at radius 3 is 2.11 bits per heavy atom. The minimum absolute atomic E-state index is 0.0612. The number of nitrogens with zero attached hydrogens (tertiary/aromatic N) is 1. The number of carbonyl (C=O) groups excluding carboxylic acids is 3. The van der Waals surface area contributed by atoms with Crippen molar-refractivity contribution in [3.8, 4) is 0 Å². The average Bonchev–Trinajstić information content (AvgIpc) is 2.72. The molecule has 1 aliphatic rings. The van der Waals surface area contributed by atoms with Crippen LogP contribution in [0, 0.1) is 0 Å². The van der Waals surface area contributed by atoms with E-state index in [1.54, 1.807) is 13.8 Å². The van der Waals surface area contributed by atoms with E-state index >= 15 is 0 Å². The summed E-state index contributed by atoms with van der Waals surface area (Å²) in [6, 6.07) is 0. The van der Waals surface area contributed by atoms with Gasteiger partial charge in [-0.15, -0.1) is 0 Å². The molecule has 0 aromatic heterocycles. The van der Waals surface area contributed by atoms with Crippen LogP contribution in [0.3, 0.4) is 0 Å². The summed E-state index contributed by atoms with van der Waals surface area (Å²) in [5.74, 6) is -1.97. The van der Waals surface area contributed by atoms with Crippen molar-refractivity contribution in [3.05, 3.63) is 0 Å². The molecule has 1 aliphatic heterocycles. The van der Waals surface area contributed by atoms with Gasteiger partial charge in [-0.2, -0.15) is 4.99 Å². The van der Waals surface area contributed by atoms with Crippen molar-refractivity contribution in [1.82, 2.24) is 0 Å². The SMILES string of the molecule is CCOC(=O)C(OC1=NC(=O)CC1)C(=O)OCC. The molecule has 0 fully saturated rings. The highest BCUT2D eigenvalue weighted by Crippen LogP contribution is 2.11. The Kier molecular flexibility index (Phi) is 5.29. The van der Waals surface area contributed by atoms with E-state index in [0.717, 1.165) is 0 Å². The molecule has 1 amide bonds. The molecule has 1 rings (SSSR count). The molecule has 0 N–H and O–H groups in total. The fourth-order valence-electron chi connectivity index (χ4n) is 1.31. The molecule has 7 nitrogen and oxygen atoms in total. The second-order valence-corrected chi connectivity index (χ2v) is 3.40. The first kappa shape index (κ1) is 14.1. The van der Waals surface area contributed by atoms with Crippen molar-refractivity contribution in [1.29, 1.82) is 0 Å². The molecule has 0 saturated carbocycles. The number of amides is 1. The van der Waals surface area contributed by atoms with Gasteiger partial charge in [0.05, 0.1) is 13.2 Å². The van der Waals surface area contributed by atoms with Crippen molar-refractivity contribution in [2.24, 2.45) is 4.99 Å². The molecule has 7 heteroatoms. The van der Waals surface area contributed by atoms with Crippen LogP contribution in [-0.2, 0) is 28.6 Å². The fourth-order valence-corrected chi connectivity index (χ4v) is 1.31. The monoisotopic (exact) mass is 257 g/mol. The van der Waals surface area contributed by atoms with Gasteiger partial charge in [0.25, 0.3) is 6.10 Å². The maximum atomic E-state index is 11.5. The van der Waals surface area contributed by atoms with Gasteiger partial charge in [0, 0.05) is 12.8 Å². The third-order valence-corrected chi connectivity index (χ3v) is 2.06. The van der Waals surface area contributed by atoms with Crippen LogP contribution in [0.1, 0.15) is 26.7 Å². The van der Waals surface area contributed by atoms with Gasteiger partial charge in [-0.1, -0.05) is 0 Å². The van der Waals surface area contributed by atoms with Crippen LogP contribution in [0.2, 0.25) is 0 Å². The standard InChI is InChI=1S/C11H15NO6/c1-3-16-10(14)9(11(15)17-4-2)18-8-6-5-7(13)12-8/h9H,3-6H2,1-2H3. The van der Waals surface area contributed by atoms with Crippen molar-refractivity contribution < 1.29 is 28.6 Å². The zero-order valence-electron chi connectivity index (χ0n) is 10.3. The smallest absolute Gasteiger partial charge is 0.359 e. The maximum absolute atomic E-state index is 11.5. The molecule has 0 atom stereocenters. The summed E-state index contributed by atoms with van der Waals surface area (Å²) in [5, 5.41) is 0. The highest BCUT2D eigenvalue weighted by Gasteiger charge is 2.34. The summed E-state index contributed by atoms with van der Waals surface area (Å²) in [4.78, 5) is 37.6. The van der Waals surface area contributed by atoms with Crippen molar-refractivity contribution in [3.63, 3.8) is 0 Å². The average molecular weight is 257 g/mol.